The lowest BCUT2D eigenvalue weighted by molar-refractivity contribution is -0.303. The maximum absolute atomic E-state index is 11.7. The molecule has 0 saturated carbocycles. The SMILES string of the molecule is COC(=O)CC[C@H]1C[C@H](CO[Si](c2ccccc2)(c2ccccc2)C(C)(C)C)OC(C)(C)O1. The molecule has 5 nitrogen and oxygen atoms in total. The highest BCUT2D eigenvalue weighted by molar-refractivity contribution is 6.99. The van der Waals surface area contributed by atoms with E-state index in [-0.39, 0.29) is 23.2 Å². The van der Waals surface area contributed by atoms with Gasteiger partial charge >= 0.3 is 5.97 Å². The van der Waals surface area contributed by atoms with E-state index in [0.29, 0.717) is 25.9 Å². The number of rotatable bonds is 8. The quantitative estimate of drug-likeness (QED) is 0.422. The first kappa shape index (κ1) is 25.6. The van der Waals surface area contributed by atoms with Crippen molar-refractivity contribution in [3.05, 3.63) is 60.7 Å². The molecule has 0 radical (unpaired) electrons. The van der Waals surface area contributed by atoms with Gasteiger partial charge in [0.15, 0.2) is 5.79 Å². The summed E-state index contributed by atoms with van der Waals surface area (Å²) in [7, 11) is -1.22. The van der Waals surface area contributed by atoms with Gasteiger partial charge in [-0.3, -0.25) is 4.79 Å². The van der Waals surface area contributed by atoms with E-state index in [2.05, 4.69) is 69.3 Å². The van der Waals surface area contributed by atoms with Gasteiger partial charge in [0.2, 0.25) is 0 Å². The zero-order valence-electron chi connectivity index (χ0n) is 20.8. The lowest BCUT2D eigenvalue weighted by atomic mass is 10.0. The molecule has 2 aromatic carbocycles. The maximum Gasteiger partial charge on any atom is 0.305 e. The highest BCUT2D eigenvalue weighted by Gasteiger charge is 2.51. The molecule has 33 heavy (non-hydrogen) atoms. The van der Waals surface area contributed by atoms with Crippen molar-refractivity contribution in [3.8, 4) is 0 Å². The summed E-state index contributed by atoms with van der Waals surface area (Å²) in [4.78, 5) is 11.7. The fourth-order valence-corrected chi connectivity index (χ4v) is 9.45. The van der Waals surface area contributed by atoms with Gasteiger partial charge in [-0.1, -0.05) is 81.4 Å². The summed E-state index contributed by atoms with van der Waals surface area (Å²) in [6, 6.07) is 21.2. The van der Waals surface area contributed by atoms with E-state index in [1.165, 1.54) is 17.5 Å². The molecule has 0 N–H and O–H groups in total. The van der Waals surface area contributed by atoms with Crippen molar-refractivity contribution in [2.45, 2.75) is 76.9 Å². The fourth-order valence-electron chi connectivity index (χ4n) is 4.86. The normalized spacial score (nSPS) is 20.9. The van der Waals surface area contributed by atoms with Gasteiger partial charge < -0.3 is 18.6 Å². The Balaban J connectivity index is 1.88. The third-order valence-corrected chi connectivity index (χ3v) is 11.2. The van der Waals surface area contributed by atoms with Crippen molar-refractivity contribution >= 4 is 24.7 Å². The van der Waals surface area contributed by atoms with Crippen LogP contribution < -0.4 is 10.4 Å². The molecule has 0 bridgehead atoms. The standard InChI is InChI=1S/C27H38O5Si/c1-26(2,3)33(23-13-9-7-10-14-23,24-15-11-8-12-16-24)30-20-22-19-21(17-18-25(28)29-6)31-27(4,5)32-22/h7-16,21-22H,17-20H2,1-6H3/t21-,22+/m0/s1. The fraction of sp³-hybridized carbons (Fsp3) is 0.519. The van der Waals surface area contributed by atoms with Crippen LogP contribution in [0.2, 0.25) is 5.04 Å². The van der Waals surface area contributed by atoms with Crippen LogP contribution in [-0.2, 0) is 23.4 Å². The van der Waals surface area contributed by atoms with Crippen molar-refractivity contribution in [2.75, 3.05) is 13.7 Å². The topological polar surface area (TPSA) is 54.0 Å². The zero-order chi connectivity index (χ0) is 24.1. The van der Waals surface area contributed by atoms with E-state index in [1.54, 1.807) is 0 Å². The van der Waals surface area contributed by atoms with E-state index < -0.39 is 14.1 Å². The number of ether oxygens (including phenoxy) is 3. The summed E-state index contributed by atoms with van der Waals surface area (Å²) in [5, 5.41) is 2.40. The number of hydrogen-bond acceptors (Lipinski definition) is 5. The molecule has 180 valence electrons. The van der Waals surface area contributed by atoms with Crippen LogP contribution in [0.3, 0.4) is 0 Å². The summed E-state index contributed by atoms with van der Waals surface area (Å²) >= 11 is 0. The average Bonchev–Trinajstić information content (AvgIpc) is 2.77. The predicted molar refractivity (Wildman–Crippen MR) is 133 cm³/mol. The molecule has 6 heteroatoms. The molecule has 3 rings (SSSR count). The van der Waals surface area contributed by atoms with E-state index in [1.807, 2.05) is 26.0 Å². The van der Waals surface area contributed by atoms with E-state index in [9.17, 15) is 4.79 Å². The Hall–Kier alpha value is -1.99. The van der Waals surface area contributed by atoms with Crippen LogP contribution in [-0.4, -0.2) is 46.0 Å². The zero-order valence-corrected chi connectivity index (χ0v) is 21.8. The summed E-state index contributed by atoms with van der Waals surface area (Å²) < 4.78 is 24.2. The molecule has 1 fully saturated rings. The summed E-state index contributed by atoms with van der Waals surface area (Å²) in [5.74, 6) is -0.957. The van der Waals surface area contributed by atoms with Gasteiger partial charge in [0.25, 0.3) is 8.32 Å². The van der Waals surface area contributed by atoms with Crippen molar-refractivity contribution in [1.82, 2.24) is 0 Å². The predicted octanol–water partition coefficient (Wildman–Crippen LogP) is 4.43. The van der Waals surface area contributed by atoms with Gasteiger partial charge in [0, 0.05) is 12.8 Å². The smallest absolute Gasteiger partial charge is 0.305 e. The molecule has 1 heterocycles. The number of carbonyl (C=O) groups excluding carboxylic acids is 1. The molecule has 0 spiro atoms. The van der Waals surface area contributed by atoms with Crippen LogP contribution in [0.5, 0.6) is 0 Å². The van der Waals surface area contributed by atoms with Gasteiger partial charge in [-0.25, -0.2) is 0 Å². The van der Waals surface area contributed by atoms with E-state index >= 15 is 0 Å². The minimum Gasteiger partial charge on any atom is -0.469 e. The lowest BCUT2D eigenvalue weighted by Gasteiger charge is -2.46. The van der Waals surface area contributed by atoms with E-state index in [0.717, 1.165) is 0 Å². The van der Waals surface area contributed by atoms with Gasteiger partial charge in [-0.2, -0.15) is 0 Å². The third-order valence-electron chi connectivity index (χ3n) is 6.23. The van der Waals surface area contributed by atoms with Crippen LogP contribution in [0.25, 0.3) is 0 Å². The number of hydrogen-bond donors (Lipinski definition) is 0. The molecule has 0 aliphatic carbocycles. The molecule has 0 unspecified atom stereocenters. The first-order chi connectivity index (χ1) is 15.6. The first-order valence-electron chi connectivity index (χ1n) is 11.7. The molecule has 1 saturated heterocycles. The van der Waals surface area contributed by atoms with Crippen LogP contribution in [0.1, 0.15) is 53.9 Å². The Kier molecular flexibility index (Phi) is 8.16. The first-order valence-corrected chi connectivity index (χ1v) is 13.7. The summed E-state index contributed by atoms with van der Waals surface area (Å²) in [5.41, 5.74) is 0. The molecule has 1 aliphatic heterocycles. The van der Waals surface area contributed by atoms with Gasteiger partial charge in [-0.05, 0) is 35.7 Å². The molecule has 1 aliphatic rings. The third kappa shape index (κ3) is 6.12. The highest BCUT2D eigenvalue weighted by atomic mass is 28.4. The number of esters is 1. The van der Waals surface area contributed by atoms with Crippen molar-refractivity contribution in [1.29, 1.82) is 0 Å². The van der Waals surface area contributed by atoms with Gasteiger partial charge in [0.05, 0.1) is 25.9 Å². The van der Waals surface area contributed by atoms with Crippen LogP contribution in [0, 0.1) is 0 Å². The molecule has 0 amide bonds. The lowest BCUT2D eigenvalue weighted by Crippen LogP contribution is -2.67. The second-order valence-electron chi connectivity index (χ2n) is 10.2. The number of carbonyl (C=O) groups is 1. The Bertz CT molecular complexity index is 852. The minimum atomic E-state index is -2.64. The van der Waals surface area contributed by atoms with Crippen molar-refractivity contribution in [3.63, 3.8) is 0 Å². The second-order valence-corrected chi connectivity index (χ2v) is 14.5. The Morgan fingerprint density at radius 2 is 1.48 bits per heavy atom. The molecule has 2 aromatic rings. The summed E-state index contributed by atoms with van der Waals surface area (Å²) in [6.45, 7) is 11.1. The Morgan fingerprint density at radius 3 is 1.97 bits per heavy atom. The minimum absolute atomic E-state index is 0.0828. The second kappa shape index (κ2) is 10.5. The van der Waals surface area contributed by atoms with Crippen molar-refractivity contribution in [2.24, 2.45) is 0 Å². The van der Waals surface area contributed by atoms with Crippen LogP contribution in [0.4, 0.5) is 0 Å². The summed E-state index contributed by atoms with van der Waals surface area (Å²) in [6.07, 6.45) is 1.41. The maximum atomic E-state index is 11.7. The molecular formula is C27H38O5Si. The van der Waals surface area contributed by atoms with Crippen molar-refractivity contribution < 1.29 is 23.4 Å². The number of benzene rings is 2. The number of methoxy groups -OCH3 is 1. The Morgan fingerprint density at radius 1 is 0.970 bits per heavy atom. The highest BCUT2D eigenvalue weighted by Crippen LogP contribution is 2.38. The monoisotopic (exact) mass is 470 g/mol. The largest absolute Gasteiger partial charge is 0.469 e. The average molecular weight is 471 g/mol. The Labute approximate surface area is 199 Å². The van der Waals surface area contributed by atoms with Crippen LogP contribution in [0.15, 0.2) is 60.7 Å². The van der Waals surface area contributed by atoms with Gasteiger partial charge in [0.1, 0.15) is 0 Å². The molecular weight excluding hydrogens is 432 g/mol. The van der Waals surface area contributed by atoms with Crippen LogP contribution >= 0.6 is 0 Å². The molecule has 0 aromatic heterocycles. The van der Waals surface area contributed by atoms with E-state index in [4.69, 9.17) is 18.6 Å². The van der Waals surface area contributed by atoms with Gasteiger partial charge in [-0.15, -0.1) is 0 Å². The molecule has 2 atom stereocenters.